The lowest BCUT2D eigenvalue weighted by Crippen LogP contribution is -2.30. The van der Waals surface area contributed by atoms with Crippen molar-refractivity contribution in [3.05, 3.63) is 11.7 Å². The molecule has 2 heterocycles. The molecule has 0 bridgehead atoms. The van der Waals surface area contributed by atoms with E-state index in [2.05, 4.69) is 15.5 Å². The molecule has 5 nitrogen and oxygen atoms in total. The monoisotopic (exact) mass is 311 g/mol. The van der Waals surface area contributed by atoms with Gasteiger partial charge in [0.25, 0.3) is 0 Å². The van der Waals surface area contributed by atoms with Gasteiger partial charge in [-0.2, -0.15) is 16.7 Å². The predicted molar refractivity (Wildman–Crippen MR) is 83.3 cm³/mol. The van der Waals surface area contributed by atoms with Crippen molar-refractivity contribution < 1.29 is 9.26 Å². The molecule has 1 aliphatic heterocycles. The zero-order chi connectivity index (χ0) is 14.5. The first-order valence-electron chi connectivity index (χ1n) is 8.14. The van der Waals surface area contributed by atoms with Crippen molar-refractivity contribution in [3.8, 4) is 0 Å². The first-order valence-corrected chi connectivity index (χ1v) is 9.30. The summed E-state index contributed by atoms with van der Waals surface area (Å²) in [6.07, 6.45) is 6.36. The van der Waals surface area contributed by atoms with E-state index in [9.17, 15) is 0 Å². The Morgan fingerprint density at radius 1 is 1.38 bits per heavy atom. The van der Waals surface area contributed by atoms with Gasteiger partial charge in [0.05, 0.1) is 6.04 Å². The van der Waals surface area contributed by atoms with Crippen LogP contribution in [-0.4, -0.2) is 34.8 Å². The molecule has 21 heavy (non-hydrogen) atoms. The van der Waals surface area contributed by atoms with Crippen LogP contribution in [0.1, 0.15) is 62.9 Å². The fourth-order valence-electron chi connectivity index (χ4n) is 3.27. The number of nitrogens with zero attached hydrogens (tertiary/aromatic N) is 2. The van der Waals surface area contributed by atoms with Gasteiger partial charge >= 0.3 is 0 Å². The van der Waals surface area contributed by atoms with E-state index >= 15 is 0 Å². The molecule has 3 rings (SSSR count). The van der Waals surface area contributed by atoms with Gasteiger partial charge in [0.1, 0.15) is 6.10 Å². The third-order valence-electron chi connectivity index (χ3n) is 4.36. The Kier molecular flexibility index (Phi) is 5.55. The highest BCUT2D eigenvalue weighted by Crippen LogP contribution is 2.36. The number of hydrogen-bond acceptors (Lipinski definition) is 6. The van der Waals surface area contributed by atoms with Crippen LogP contribution >= 0.6 is 11.8 Å². The van der Waals surface area contributed by atoms with E-state index < -0.39 is 0 Å². The van der Waals surface area contributed by atoms with Crippen LogP contribution in [0.4, 0.5) is 0 Å². The quantitative estimate of drug-likeness (QED) is 0.901. The van der Waals surface area contributed by atoms with E-state index in [1.807, 2.05) is 18.7 Å². The second-order valence-electron chi connectivity index (χ2n) is 5.85. The molecule has 2 unspecified atom stereocenters. The molecule has 2 aliphatic rings. The number of rotatable bonds is 5. The lowest BCUT2D eigenvalue weighted by Gasteiger charge is -2.27. The molecule has 6 heteroatoms. The molecule has 118 valence electrons. The summed E-state index contributed by atoms with van der Waals surface area (Å²) >= 11 is 1.93. The molecule has 1 saturated carbocycles. The summed E-state index contributed by atoms with van der Waals surface area (Å²) in [4.78, 5) is 4.65. The Labute approximate surface area is 130 Å². The smallest absolute Gasteiger partial charge is 0.244 e. The van der Waals surface area contributed by atoms with E-state index in [0.717, 1.165) is 29.8 Å². The van der Waals surface area contributed by atoms with Gasteiger partial charge in [-0.05, 0) is 25.7 Å². The minimum Gasteiger partial charge on any atom is -0.370 e. The number of nitrogens with one attached hydrogen (secondary N) is 1. The number of aromatic nitrogens is 2. The van der Waals surface area contributed by atoms with Gasteiger partial charge in [-0.25, -0.2) is 0 Å². The van der Waals surface area contributed by atoms with Crippen LogP contribution in [-0.2, 0) is 4.74 Å². The topological polar surface area (TPSA) is 60.2 Å². The van der Waals surface area contributed by atoms with E-state index in [1.165, 1.54) is 32.1 Å². The molecule has 0 aromatic carbocycles. The Morgan fingerprint density at radius 2 is 2.24 bits per heavy atom. The molecule has 0 spiro atoms. The lowest BCUT2D eigenvalue weighted by atomic mass is 9.85. The molecular formula is C15H25N3O2S. The van der Waals surface area contributed by atoms with Crippen molar-refractivity contribution in [2.45, 2.75) is 51.2 Å². The highest BCUT2D eigenvalue weighted by molar-refractivity contribution is 7.99. The molecule has 1 aliphatic carbocycles. The number of thioether (sulfide) groups is 1. The normalized spacial score (nSPS) is 25.9. The van der Waals surface area contributed by atoms with E-state index in [-0.39, 0.29) is 12.1 Å². The van der Waals surface area contributed by atoms with E-state index in [1.54, 1.807) is 0 Å². The summed E-state index contributed by atoms with van der Waals surface area (Å²) in [7, 11) is 0. The van der Waals surface area contributed by atoms with Crippen molar-refractivity contribution in [3.63, 3.8) is 0 Å². The van der Waals surface area contributed by atoms with Gasteiger partial charge in [0, 0.05) is 24.7 Å². The first-order chi connectivity index (χ1) is 10.4. The van der Waals surface area contributed by atoms with Gasteiger partial charge in [-0.1, -0.05) is 24.4 Å². The van der Waals surface area contributed by atoms with Crippen molar-refractivity contribution in [1.82, 2.24) is 15.5 Å². The Hall–Kier alpha value is -0.590. The fourth-order valence-corrected chi connectivity index (χ4v) is 4.19. The highest BCUT2D eigenvalue weighted by Gasteiger charge is 2.31. The Balaban J connectivity index is 1.71. The molecule has 1 aromatic rings. The number of hydrogen-bond donors (Lipinski definition) is 1. The van der Waals surface area contributed by atoms with Crippen molar-refractivity contribution in [1.29, 1.82) is 0 Å². The zero-order valence-corrected chi connectivity index (χ0v) is 13.5. The van der Waals surface area contributed by atoms with Gasteiger partial charge in [0.15, 0.2) is 0 Å². The maximum Gasteiger partial charge on any atom is 0.244 e. The summed E-state index contributed by atoms with van der Waals surface area (Å²) in [6, 6.07) is 0.193. The van der Waals surface area contributed by atoms with Crippen LogP contribution in [0.25, 0.3) is 0 Å². The van der Waals surface area contributed by atoms with Crippen LogP contribution in [0.2, 0.25) is 0 Å². The second kappa shape index (κ2) is 7.61. The van der Waals surface area contributed by atoms with Crippen LogP contribution in [0.5, 0.6) is 0 Å². The van der Waals surface area contributed by atoms with Crippen molar-refractivity contribution in [2.24, 2.45) is 5.92 Å². The first kappa shape index (κ1) is 15.3. The molecule has 2 atom stereocenters. The maximum atomic E-state index is 5.96. The van der Waals surface area contributed by atoms with Crippen LogP contribution in [0, 0.1) is 5.92 Å². The minimum absolute atomic E-state index is 0.00374. The average Bonchev–Trinajstić information content (AvgIpc) is 3.04. The van der Waals surface area contributed by atoms with Crippen LogP contribution in [0.3, 0.4) is 0 Å². The van der Waals surface area contributed by atoms with Crippen LogP contribution < -0.4 is 5.32 Å². The predicted octanol–water partition coefficient (Wildman–Crippen LogP) is 3.11. The zero-order valence-electron chi connectivity index (χ0n) is 12.7. The van der Waals surface area contributed by atoms with Gasteiger partial charge < -0.3 is 14.6 Å². The van der Waals surface area contributed by atoms with Crippen molar-refractivity contribution in [2.75, 3.05) is 24.7 Å². The number of ether oxygens (including phenoxy) is 1. The molecule has 1 N–H and O–H groups in total. The summed E-state index contributed by atoms with van der Waals surface area (Å²) in [5, 5.41) is 7.67. The molecule has 1 saturated heterocycles. The molecular weight excluding hydrogens is 286 g/mol. The van der Waals surface area contributed by atoms with Crippen molar-refractivity contribution >= 4 is 11.8 Å². The Bertz CT molecular complexity index is 428. The van der Waals surface area contributed by atoms with Crippen LogP contribution in [0.15, 0.2) is 4.52 Å². The fraction of sp³-hybridized carbons (Fsp3) is 0.867. The summed E-state index contributed by atoms with van der Waals surface area (Å²) in [5.74, 6) is 4.16. The van der Waals surface area contributed by atoms with Gasteiger partial charge in [-0.3, -0.25) is 0 Å². The molecule has 0 radical (unpaired) electrons. The second-order valence-corrected chi connectivity index (χ2v) is 7.00. The molecule has 0 amide bonds. The average molecular weight is 311 g/mol. The molecule has 1 aromatic heterocycles. The third kappa shape index (κ3) is 3.79. The lowest BCUT2D eigenvalue weighted by molar-refractivity contribution is -0.00145. The third-order valence-corrected chi connectivity index (χ3v) is 5.42. The summed E-state index contributed by atoms with van der Waals surface area (Å²) in [6.45, 7) is 3.74. The maximum absolute atomic E-state index is 5.96. The summed E-state index contributed by atoms with van der Waals surface area (Å²) in [5.41, 5.74) is 0. The van der Waals surface area contributed by atoms with Gasteiger partial charge in [-0.15, -0.1) is 0 Å². The minimum atomic E-state index is 0.00374. The van der Waals surface area contributed by atoms with E-state index in [0.29, 0.717) is 12.5 Å². The highest BCUT2D eigenvalue weighted by atomic mass is 32.2. The molecule has 2 fully saturated rings. The SMILES string of the molecule is CCOC(c1noc(C2CSCCN2)n1)C1CCCCC1. The summed E-state index contributed by atoms with van der Waals surface area (Å²) < 4.78 is 11.5. The van der Waals surface area contributed by atoms with E-state index in [4.69, 9.17) is 9.26 Å². The van der Waals surface area contributed by atoms with Gasteiger partial charge in [0.2, 0.25) is 11.7 Å². The standard InChI is InChI=1S/C15H25N3O2S/c1-2-19-13(11-6-4-3-5-7-11)14-17-15(20-18-14)12-10-21-9-8-16-12/h11-13,16H,2-10H2,1H3. The Morgan fingerprint density at radius 3 is 2.95 bits per heavy atom. The largest absolute Gasteiger partial charge is 0.370 e.